The molecule has 2 rings (SSSR count). The standard InChI is InChI=1S/C17H22FN3/c1-5-20-17-15(11(3)19)10(2)16(12(4)21-17)13-6-8-14(18)9-7-13/h6-9,15,17,20-21H,2-3,5,19H2,1,4H3. The Morgan fingerprint density at radius 2 is 2.00 bits per heavy atom. The van der Waals surface area contributed by atoms with Crippen molar-refractivity contribution in [2.24, 2.45) is 11.7 Å². The first kappa shape index (κ1) is 15.3. The monoisotopic (exact) mass is 287 g/mol. The summed E-state index contributed by atoms with van der Waals surface area (Å²) in [5.41, 5.74) is 10.3. The minimum absolute atomic E-state index is 0.0239. The van der Waals surface area contributed by atoms with Crippen molar-refractivity contribution in [2.75, 3.05) is 6.54 Å². The number of allylic oxidation sites excluding steroid dienone is 2. The highest BCUT2D eigenvalue weighted by atomic mass is 19.1. The van der Waals surface area contributed by atoms with Crippen molar-refractivity contribution in [1.82, 2.24) is 10.6 Å². The normalized spacial score (nSPS) is 22.1. The second kappa shape index (κ2) is 6.14. The maximum absolute atomic E-state index is 13.1. The van der Waals surface area contributed by atoms with Crippen LogP contribution in [-0.4, -0.2) is 12.7 Å². The molecule has 0 fully saturated rings. The van der Waals surface area contributed by atoms with Crippen molar-refractivity contribution < 1.29 is 4.39 Å². The van der Waals surface area contributed by atoms with Gasteiger partial charge in [0.05, 0.1) is 12.1 Å². The maximum Gasteiger partial charge on any atom is 0.123 e. The van der Waals surface area contributed by atoms with Gasteiger partial charge in [-0.05, 0) is 36.7 Å². The van der Waals surface area contributed by atoms with Crippen LogP contribution in [0, 0.1) is 11.7 Å². The molecule has 0 saturated carbocycles. The molecule has 2 atom stereocenters. The summed E-state index contributed by atoms with van der Waals surface area (Å²) in [7, 11) is 0. The molecular formula is C17H22FN3. The average Bonchev–Trinajstić information content (AvgIpc) is 2.40. The van der Waals surface area contributed by atoms with E-state index in [4.69, 9.17) is 5.73 Å². The molecule has 1 aromatic carbocycles. The van der Waals surface area contributed by atoms with Crippen molar-refractivity contribution in [2.45, 2.75) is 20.0 Å². The molecule has 3 nitrogen and oxygen atoms in total. The topological polar surface area (TPSA) is 50.1 Å². The van der Waals surface area contributed by atoms with Crippen LogP contribution in [0.2, 0.25) is 0 Å². The number of hydrogen-bond acceptors (Lipinski definition) is 3. The van der Waals surface area contributed by atoms with Gasteiger partial charge in [-0.2, -0.15) is 0 Å². The lowest BCUT2D eigenvalue weighted by molar-refractivity contribution is 0.388. The maximum atomic E-state index is 13.1. The van der Waals surface area contributed by atoms with Crippen LogP contribution in [0.4, 0.5) is 4.39 Å². The average molecular weight is 287 g/mol. The minimum Gasteiger partial charge on any atom is -0.402 e. The van der Waals surface area contributed by atoms with E-state index in [0.29, 0.717) is 5.70 Å². The first-order valence-corrected chi connectivity index (χ1v) is 7.05. The van der Waals surface area contributed by atoms with Gasteiger partial charge in [-0.15, -0.1) is 0 Å². The van der Waals surface area contributed by atoms with Crippen LogP contribution in [0.25, 0.3) is 5.57 Å². The molecule has 4 N–H and O–H groups in total. The Morgan fingerprint density at radius 1 is 1.38 bits per heavy atom. The summed E-state index contributed by atoms with van der Waals surface area (Å²) in [6, 6.07) is 6.41. The van der Waals surface area contributed by atoms with Gasteiger partial charge in [0.1, 0.15) is 5.82 Å². The molecule has 21 heavy (non-hydrogen) atoms. The fourth-order valence-electron chi connectivity index (χ4n) is 2.83. The van der Waals surface area contributed by atoms with E-state index < -0.39 is 0 Å². The van der Waals surface area contributed by atoms with Crippen LogP contribution in [0.3, 0.4) is 0 Å². The fourth-order valence-corrected chi connectivity index (χ4v) is 2.83. The van der Waals surface area contributed by atoms with E-state index in [1.165, 1.54) is 12.1 Å². The highest BCUT2D eigenvalue weighted by Crippen LogP contribution is 2.36. The third kappa shape index (κ3) is 3.00. The lowest BCUT2D eigenvalue weighted by Gasteiger charge is -2.38. The molecule has 0 radical (unpaired) electrons. The second-order valence-corrected chi connectivity index (χ2v) is 5.26. The van der Waals surface area contributed by atoms with Gasteiger partial charge in [0.2, 0.25) is 0 Å². The quantitative estimate of drug-likeness (QED) is 0.798. The summed E-state index contributed by atoms with van der Waals surface area (Å²) in [6.07, 6.45) is -0.0239. The zero-order valence-corrected chi connectivity index (χ0v) is 12.5. The van der Waals surface area contributed by atoms with E-state index in [0.717, 1.165) is 29.0 Å². The Balaban J connectivity index is 2.45. The molecule has 0 amide bonds. The van der Waals surface area contributed by atoms with Gasteiger partial charge >= 0.3 is 0 Å². The summed E-state index contributed by atoms with van der Waals surface area (Å²) < 4.78 is 13.1. The molecule has 0 saturated heterocycles. The van der Waals surface area contributed by atoms with Gasteiger partial charge in [-0.3, -0.25) is 5.32 Å². The third-order valence-electron chi connectivity index (χ3n) is 3.73. The molecule has 1 aromatic rings. The number of nitrogens with one attached hydrogen (secondary N) is 2. The van der Waals surface area contributed by atoms with Crippen LogP contribution >= 0.6 is 0 Å². The Labute approximate surface area is 125 Å². The van der Waals surface area contributed by atoms with Gasteiger partial charge in [-0.1, -0.05) is 32.2 Å². The van der Waals surface area contributed by atoms with Crippen LogP contribution in [-0.2, 0) is 0 Å². The van der Waals surface area contributed by atoms with Crippen molar-refractivity contribution in [1.29, 1.82) is 0 Å². The zero-order valence-electron chi connectivity index (χ0n) is 12.5. The molecule has 0 bridgehead atoms. The number of benzene rings is 1. The van der Waals surface area contributed by atoms with Crippen molar-refractivity contribution >= 4 is 5.57 Å². The van der Waals surface area contributed by atoms with E-state index in [9.17, 15) is 4.39 Å². The fraction of sp³-hybridized carbons (Fsp3) is 0.294. The highest BCUT2D eigenvalue weighted by Gasteiger charge is 2.32. The molecule has 112 valence electrons. The predicted molar refractivity (Wildman–Crippen MR) is 85.6 cm³/mol. The molecule has 1 heterocycles. The molecule has 1 aliphatic heterocycles. The minimum atomic E-state index is -0.253. The third-order valence-corrected chi connectivity index (χ3v) is 3.73. The van der Waals surface area contributed by atoms with E-state index >= 15 is 0 Å². The lowest BCUT2D eigenvalue weighted by Crippen LogP contribution is -2.51. The van der Waals surface area contributed by atoms with Gasteiger partial charge in [0.25, 0.3) is 0 Å². The van der Waals surface area contributed by atoms with Crippen LogP contribution in [0.15, 0.2) is 54.4 Å². The first-order valence-electron chi connectivity index (χ1n) is 7.05. The van der Waals surface area contributed by atoms with Gasteiger partial charge in [0.15, 0.2) is 0 Å². The summed E-state index contributed by atoms with van der Waals surface area (Å²) in [4.78, 5) is 0. The van der Waals surface area contributed by atoms with Gasteiger partial charge in [-0.25, -0.2) is 4.39 Å². The predicted octanol–water partition coefficient (Wildman–Crippen LogP) is 2.74. The van der Waals surface area contributed by atoms with Gasteiger partial charge < -0.3 is 11.1 Å². The van der Waals surface area contributed by atoms with Gasteiger partial charge in [0, 0.05) is 17.0 Å². The highest BCUT2D eigenvalue weighted by molar-refractivity contribution is 5.82. The van der Waals surface area contributed by atoms with E-state index in [1.54, 1.807) is 12.1 Å². The van der Waals surface area contributed by atoms with Crippen LogP contribution in [0.1, 0.15) is 19.4 Å². The molecular weight excluding hydrogens is 265 g/mol. The number of nitrogens with two attached hydrogens (primary N) is 1. The summed E-state index contributed by atoms with van der Waals surface area (Å²) in [5.74, 6) is -0.356. The van der Waals surface area contributed by atoms with Crippen LogP contribution < -0.4 is 16.4 Å². The number of rotatable bonds is 4. The van der Waals surface area contributed by atoms with Crippen molar-refractivity contribution in [3.8, 4) is 0 Å². The van der Waals surface area contributed by atoms with E-state index in [1.807, 2.05) is 13.8 Å². The summed E-state index contributed by atoms with van der Waals surface area (Å²) in [6.45, 7) is 12.9. The summed E-state index contributed by atoms with van der Waals surface area (Å²) >= 11 is 0. The number of halogens is 1. The molecule has 2 unspecified atom stereocenters. The Hall–Kier alpha value is -2.07. The van der Waals surface area contributed by atoms with Crippen LogP contribution in [0.5, 0.6) is 0 Å². The van der Waals surface area contributed by atoms with E-state index in [-0.39, 0.29) is 17.9 Å². The SMILES string of the molecule is C=C(N)C1C(=C)C(c2ccc(F)cc2)=C(C)NC1NCC. The summed E-state index contributed by atoms with van der Waals surface area (Å²) in [5, 5.41) is 6.77. The molecule has 1 aliphatic rings. The zero-order chi connectivity index (χ0) is 15.6. The smallest absolute Gasteiger partial charge is 0.123 e. The number of hydrogen-bond donors (Lipinski definition) is 3. The molecule has 0 spiro atoms. The molecule has 0 aliphatic carbocycles. The molecule has 4 heteroatoms. The second-order valence-electron chi connectivity index (χ2n) is 5.26. The lowest BCUT2D eigenvalue weighted by atomic mass is 9.81. The van der Waals surface area contributed by atoms with E-state index in [2.05, 4.69) is 23.8 Å². The molecule has 0 aromatic heterocycles. The van der Waals surface area contributed by atoms with Crippen molar-refractivity contribution in [3.05, 3.63) is 65.8 Å². The first-order chi connectivity index (χ1) is 9.95. The Bertz CT molecular complexity index is 587. The Kier molecular flexibility index (Phi) is 4.48. The largest absolute Gasteiger partial charge is 0.402 e. The van der Waals surface area contributed by atoms with Crippen molar-refractivity contribution in [3.63, 3.8) is 0 Å². The Morgan fingerprint density at radius 3 is 2.52 bits per heavy atom.